The molecule has 1 saturated carbocycles. The molecule has 36 heavy (non-hydrogen) atoms. The van der Waals surface area contributed by atoms with Crippen molar-refractivity contribution in [2.24, 2.45) is 0 Å². The maximum absolute atomic E-state index is 13.8. The van der Waals surface area contributed by atoms with Crippen molar-refractivity contribution in [2.75, 3.05) is 0 Å². The van der Waals surface area contributed by atoms with Crippen molar-refractivity contribution < 1.29 is 17.9 Å². The summed E-state index contributed by atoms with van der Waals surface area (Å²) in [5, 5.41) is 1.13. The number of hydrogen-bond donors (Lipinski definition) is 0. The number of rotatable bonds is 7. The molecule has 3 atom stereocenters. The number of esters is 1. The Bertz CT molecular complexity index is 1430. The molecule has 4 aromatic rings. The van der Waals surface area contributed by atoms with Crippen LogP contribution in [0.4, 0.5) is 0 Å². The molecule has 0 heterocycles. The highest BCUT2D eigenvalue weighted by molar-refractivity contribution is 7.92. The smallest absolute Gasteiger partial charge is 0.314 e. The van der Waals surface area contributed by atoms with Crippen LogP contribution in [-0.2, 0) is 25.8 Å². The van der Waals surface area contributed by atoms with E-state index < -0.39 is 27.1 Å². The molecule has 0 amide bonds. The molecule has 0 unspecified atom stereocenters. The van der Waals surface area contributed by atoms with E-state index in [0.717, 1.165) is 34.7 Å². The lowest BCUT2D eigenvalue weighted by Crippen LogP contribution is -2.41. The van der Waals surface area contributed by atoms with Crippen LogP contribution in [0.2, 0.25) is 0 Å². The van der Waals surface area contributed by atoms with Crippen LogP contribution in [0.3, 0.4) is 0 Å². The maximum atomic E-state index is 13.8. The van der Waals surface area contributed by atoms with Crippen molar-refractivity contribution in [3.05, 3.63) is 114 Å². The summed E-state index contributed by atoms with van der Waals surface area (Å²) in [6, 6.07) is 32.4. The van der Waals surface area contributed by atoms with E-state index in [9.17, 15) is 13.2 Å². The second kappa shape index (κ2) is 10.7. The van der Waals surface area contributed by atoms with Gasteiger partial charge in [-0.2, -0.15) is 0 Å². The molecule has 1 fully saturated rings. The van der Waals surface area contributed by atoms with Gasteiger partial charge in [-0.3, -0.25) is 4.79 Å². The zero-order valence-electron chi connectivity index (χ0n) is 20.1. The number of hydrogen-bond acceptors (Lipinski definition) is 4. The molecule has 0 bridgehead atoms. The Hall–Kier alpha value is -3.44. The van der Waals surface area contributed by atoms with Crippen molar-refractivity contribution in [1.82, 2.24) is 0 Å². The minimum atomic E-state index is -3.67. The van der Waals surface area contributed by atoms with Gasteiger partial charge in [-0.05, 0) is 59.7 Å². The molecule has 1 aliphatic rings. The maximum Gasteiger partial charge on any atom is 0.314 e. The number of sulfone groups is 1. The monoisotopic (exact) mass is 498 g/mol. The van der Waals surface area contributed by atoms with Crippen LogP contribution >= 0.6 is 0 Å². The third kappa shape index (κ3) is 5.21. The van der Waals surface area contributed by atoms with Gasteiger partial charge in [0.05, 0.1) is 10.8 Å². The number of ether oxygens (including phenoxy) is 1. The van der Waals surface area contributed by atoms with Gasteiger partial charge in [0.25, 0.3) is 0 Å². The lowest BCUT2D eigenvalue weighted by Gasteiger charge is -2.32. The van der Waals surface area contributed by atoms with Crippen molar-refractivity contribution >= 4 is 26.6 Å². The van der Waals surface area contributed by atoms with Gasteiger partial charge in [0, 0.05) is 0 Å². The average molecular weight is 499 g/mol. The molecular formula is C31H30O4S. The molecule has 4 nitrogen and oxygen atoms in total. The molecule has 0 spiro atoms. The Morgan fingerprint density at radius 1 is 0.778 bits per heavy atom. The molecule has 1 aliphatic carbocycles. The first-order valence-corrected chi connectivity index (χ1v) is 14.1. The summed E-state index contributed by atoms with van der Waals surface area (Å²) in [6.07, 6.45) is 2.52. The summed E-state index contributed by atoms with van der Waals surface area (Å²) >= 11 is 0. The van der Waals surface area contributed by atoms with Crippen LogP contribution < -0.4 is 0 Å². The largest absolute Gasteiger partial charge is 0.461 e. The van der Waals surface area contributed by atoms with Gasteiger partial charge >= 0.3 is 5.97 Å². The Morgan fingerprint density at radius 3 is 2.17 bits per heavy atom. The standard InChI is InChI=1S/C31H30O4S/c32-31(28(25-14-5-2-6-15-25)21-23-11-3-1-4-12-23)35-29-17-9-10-18-30(29)36(33,34)27-20-19-24-13-7-8-16-26(24)22-27/h1-8,11-16,19-20,22,28-30H,9-10,17-18,21H2/t28-,29+,30+/m1/s1. The van der Waals surface area contributed by atoms with E-state index in [2.05, 4.69) is 0 Å². The first-order valence-electron chi connectivity index (χ1n) is 12.5. The summed E-state index contributed by atoms with van der Waals surface area (Å²) < 4.78 is 33.6. The second-order valence-electron chi connectivity index (χ2n) is 9.51. The normalized spacial score (nSPS) is 19.0. The molecule has 0 saturated heterocycles. The van der Waals surface area contributed by atoms with E-state index in [-0.39, 0.29) is 10.9 Å². The summed E-state index contributed by atoms with van der Waals surface area (Å²) in [7, 11) is -3.67. The van der Waals surface area contributed by atoms with E-state index in [0.29, 0.717) is 19.3 Å². The fourth-order valence-electron chi connectivity index (χ4n) is 5.18. The van der Waals surface area contributed by atoms with E-state index >= 15 is 0 Å². The SMILES string of the molecule is O=C(O[C@H]1CCCC[C@@H]1S(=O)(=O)c1ccc2ccccc2c1)[C@H](Cc1ccccc1)c1ccccc1. The molecule has 0 aromatic heterocycles. The molecular weight excluding hydrogens is 468 g/mol. The van der Waals surface area contributed by atoms with Gasteiger partial charge < -0.3 is 4.74 Å². The number of carbonyl (C=O) groups is 1. The third-order valence-corrected chi connectivity index (χ3v) is 9.37. The lowest BCUT2D eigenvalue weighted by molar-refractivity contribution is -0.152. The Kier molecular flexibility index (Phi) is 7.19. The fraction of sp³-hybridized carbons (Fsp3) is 0.258. The van der Waals surface area contributed by atoms with Crippen LogP contribution in [0.15, 0.2) is 108 Å². The van der Waals surface area contributed by atoms with E-state index in [1.165, 1.54) is 0 Å². The predicted molar refractivity (Wildman–Crippen MR) is 143 cm³/mol. The molecule has 184 valence electrons. The molecule has 0 aliphatic heterocycles. The Morgan fingerprint density at radius 2 is 1.42 bits per heavy atom. The minimum Gasteiger partial charge on any atom is -0.461 e. The van der Waals surface area contributed by atoms with Crippen molar-refractivity contribution in [2.45, 2.75) is 54.3 Å². The Labute approximate surface area is 212 Å². The zero-order chi connectivity index (χ0) is 25.0. The topological polar surface area (TPSA) is 60.4 Å². The van der Waals surface area contributed by atoms with Gasteiger partial charge in [0.15, 0.2) is 9.84 Å². The van der Waals surface area contributed by atoms with Crippen molar-refractivity contribution in [1.29, 1.82) is 0 Å². The zero-order valence-corrected chi connectivity index (χ0v) is 20.9. The van der Waals surface area contributed by atoms with Gasteiger partial charge in [0.2, 0.25) is 0 Å². The van der Waals surface area contributed by atoms with E-state index in [4.69, 9.17) is 4.74 Å². The van der Waals surface area contributed by atoms with E-state index in [1.807, 2.05) is 91.0 Å². The lowest BCUT2D eigenvalue weighted by atomic mass is 9.91. The quantitative estimate of drug-likeness (QED) is 0.273. The Balaban J connectivity index is 1.41. The van der Waals surface area contributed by atoms with Crippen molar-refractivity contribution in [3.63, 3.8) is 0 Å². The molecule has 5 rings (SSSR count). The third-order valence-electron chi connectivity index (χ3n) is 7.13. The average Bonchev–Trinajstić information content (AvgIpc) is 2.92. The second-order valence-corrected chi connectivity index (χ2v) is 11.7. The van der Waals surface area contributed by atoms with Gasteiger partial charge in [-0.1, -0.05) is 97.4 Å². The summed E-state index contributed by atoms with van der Waals surface area (Å²) in [4.78, 5) is 13.9. The van der Waals surface area contributed by atoms with Crippen LogP contribution in [0.5, 0.6) is 0 Å². The highest BCUT2D eigenvalue weighted by Gasteiger charge is 2.40. The van der Waals surface area contributed by atoms with Gasteiger partial charge in [-0.15, -0.1) is 0 Å². The first-order chi connectivity index (χ1) is 17.5. The fourth-order valence-corrected chi connectivity index (χ4v) is 7.14. The molecule has 5 heteroatoms. The van der Waals surface area contributed by atoms with Crippen LogP contribution in [0.1, 0.15) is 42.7 Å². The molecule has 4 aromatic carbocycles. The highest BCUT2D eigenvalue weighted by Crippen LogP contribution is 2.34. The van der Waals surface area contributed by atoms with Crippen LogP contribution in [0, 0.1) is 0 Å². The summed E-state index contributed by atoms with van der Waals surface area (Å²) in [5.41, 5.74) is 1.91. The number of carbonyl (C=O) groups excluding carboxylic acids is 1. The van der Waals surface area contributed by atoms with Crippen molar-refractivity contribution in [3.8, 4) is 0 Å². The predicted octanol–water partition coefficient (Wildman–Crippen LogP) is 6.49. The highest BCUT2D eigenvalue weighted by atomic mass is 32.2. The number of benzene rings is 4. The van der Waals surface area contributed by atoms with Gasteiger partial charge in [0.1, 0.15) is 11.4 Å². The summed E-state index contributed by atoms with van der Waals surface area (Å²) in [6.45, 7) is 0. The number of fused-ring (bicyclic) bond motifs is 1. The van der Waals surface area contributed by atoms with Gasteiger partial charge in [-0.25, -0.2) is 8.42 Å². The first kappa shape index (κ1) is 24.3. The van der Waals surface area contributed by atoms with Crippen LogP contribution in [-0.4, -0.2) is 25.7 Å². The summed E-state index contributed by atoms with van der Waals surface area (Å²) in [5.74, 6) is -0.866. The van der Waals surface area contributed by atoms with E-state index in [1.54, 1.807) is 12.1 Å². The van der Waals surface area contributed by atoms with Crippen LogP contribution in [0.25, 0.3) is 10.8 Å². The minimum absolute atomic E-state index is 0.290. The molecule has 0 N–H and O–H groups in total. The molecule has 0 radical (unpaired) electrons.